The number of thiophene rings is 1. The van der Waals surface area contributed by atoms with Gasteiger partial charge >= 0.3 is 5.97 Å². The van der Waals surface area contributed by atoms with E-state index in [0.29, 0.717) is 22.2 Å². The lowest BCUT2D eigenvalue weighted by molar-refractivity contribution is -0.136. The minimum atomic E-state index is -0.861. The van der Waals surface area contributed by atoms with E-state index in [-0.39, 0.29) is 6.42 Å². The third-order valence-corrected chi connectivity index (χ3v) is 5.85. The Labute approximate surface area is 182 Å². The number of aromatic nitrogens is 2. The molecule has 0 unspecified atom stereocenters. The van der Waals surface area contributed by atoms with Crippen LogP contribution in [0.2, 0.25) is 5.02 Å². The van der Waals surface area contributed by atoms with Crippen LogP contribution >= 0.6 is 22.9 Å². The lowest BCUT2D eigenvalue weighted by Crippen LogP contribution is -2.00. The first kappa shape index (κ1) is 20.1. The fraction of sp³-hybridized carbons (Fsp3) is 0.136. The zero-order valence-corrected chi connectivity index (χ0v) is 17.8. The van der Waals surface area contributed by atoms with Gasteiger partial charge in [-0.15, -0.1) is 11.3 Å². The van der Waals surface area contributed by atoms with Crippen molar-refractivity contribution in [3.05, 3.63) is 57.9 Å². The first-order valence-electron chi connectivity index (χ1n) is 9.11. The van der Waals surface area contributed by atoms with E-state index in [0.717, 1.165) is 32.5 Å². The summed E-state index contributed by atoms with van der Waals surface area (Å²) in [5.74, 6) is 0.223. The van der Waals surface area contributed by atoms with E-state index in [1.807, 2.05) is 41.8 Å². The summed E-state index contributed by atoms with van der Waals surface area (Å²) in [4.78, 5) is 20.9. The molecule has 0 atom stereocenters. The second kappa shape index (κ2) is 8.30. The molecule has 2 N–H and O–H groups in total. The molecule has 4 rings (SSSR count). The van der Waals surface area contributed by atoms with Crippen LogP contribution in [0.25, 0.3) is 33.2 Å². The highest BCUT2D eigenvalue weighted by atomic mass is 35.5. The van der Waals surface area contributed by atoms with E-state index in [1.54, 1.807) is 20.4 Å². The highest BCUT2D eigenvalue weighted by molar-refractivity contribution is 7.10. The molecule has 6 nitrogen and oxygen atoms in total. The largest absolute Gasteiger partial charge is 0.494 e. The highest BCUT2D eigenvalue weighted by Crippen LogP contribution is 2.43. The molecule has 0 radical (unpaired) electrons. The number of rotatable bonds is 6. The molecule has 0 aliphatic carbocycles. The van der Waals surface area contributed by atoms with Crippen molar-refractivity contribution in [3.63, 3.8) is 0 Å². The van der Waals surface area contributed by atoms with Crippen molar-refractivity contribution in [2.24, 2.45) is 0 Å². The molecule has 0 saturated heterocycles. The zero-order valence-electron chi connectivity index (χ0n) is 16.3. The molecule has 0 amide bonds. The molecular formula is C22H18ClN3O3S. The predicted octanol–water partition coefficient (Wildman–Crippen LogP) is 5.36. The third kappa shape index (κ3) is 3.81. The molecule has 0 aliphatic rings. The summed E-state index contributed by atoms with van der Waals surface area (Å²) in [6.45, 7) is 0. The van der Waals surface area contributed by atoms with Crippen molar-refractivity contribution in [1.82, 2.24) is 9.97 Å². The SMILES string of the molecule is CNc1ncc2c(-c3cccc(Cl)c3)cc(-c3csc(CC(=O)O)c3)c(OC)c2n1. The van der Waals surface area contributed by atoms with Gasteiger partial charge in [0.05, 0.1) is 13.5 Å². The van der Waals surface area contributed by atoms with Gasteiger partial charge in [0, 0.05) is 34.1 Å². The van der Waals surface area contributed by atoms with Crippen LogP contribution in [0.1, 0.15) is 4.88 Å². The van der Waals surface area contributed by atoms with Crippen LogP contribution in [-0.2, 0) is 11.2 Å². The summed E-state index contributed by atoms with van der Waals surface area (Å²) < 4.78 is 5.76. The molecular weight excluding hydrogens is 422 g/mol. The molecule has 4 aromatic rings. The number of hydrogen-bond donors (Lipinski definition) is 2. The summed E-state index contributed by atoms with van der Waals surface area (Å²) in [6, 6.07) is 11.5. The first-order chi connectivity index (χ1) is 14.5. The number of anilines is 1. The van der Waals surface area contributed by atoms with Crippen molar-refractivity contribution in [2.75, 3.05) is 19.5 Å². The van der Waals surface area contributed by atoms with E-state index in [4.69, 9.17) is 21.4 Å². The number of benzene rings is 2. The Balaban J connectivity index is 2.01. The van der Waals surface area contributed by atoms with Crippen molar-refractivity contribution >= 4 is 45.8 Å². The van der Waals surface area contributed by atoms with Crippen LogP contribution in [0.4, 0.5) is 5.95 Å². The van der Waals surface area contributed by atoms with Gasteiger partial charge in [-0.3, -0.25) is 4.79 Å². The van der Waals surface area contributed by atoms with E-state index >= 15 is 0 Å². The number of nitrogens with zero attached hydrogens (tertiary/aromatic N) is 2. The minimum absolute atomic E-state index is 0.0201. The van der Waals surface area contributed by atoms with Gasteiger partial charge in [-0.2, -0.15) is 0 Å². The lowest BCUT2D eigenvalue weighted by Gasteiger charge is -2.15. The van der Waals surface area contributed by atoms with Crippen molar-refractivity contribution < 1.29 is 14.6 Å². The number of carboxylic acid groups (broad SMARTS) is 1. The fourth-order valence-electron chi connectivity index (χ4n) is 3.37. The molecule has 0 fully saturated rings. The summed E-state index contributed by atoms with van der Waals surface area (Å²) in [6.07, 6.45) is 1.74. The standard InChI is InChI=1S/C22H18ClN3O3S/c1-24-22-25-10-18-16(12-4-3-5-14(23)6-12)9-17(21(29-2)20(18)26-22)13-7-15(30-11-13)8-19(27)28/h3-7,9-11H,8H2,1-2H3,(H,27,28)(H,24,25,26). The van der Waals surface area contributed by atoms with E-state index in [2.05, 4.69) is 15.3 Å². The number of fused-ring (bicyclic) bond motifs is 1. The zero-order chi connectivity index (χ0) is 21.3. The molecule has 0 bridgehead atoms. The van der Waals surface area contributed by atoms with Crippen LogP contribution in [0.15, 0.2) is 48.0 Å². The smallest absolute Gasteiger partial charge is 0.308 e. The second-order valence-electron chi connectivity index (χ2n) is 6.59. The van der Waals surface area contributed by atoms with Crippen molar-refractivity contribution in [1.29, 1.82) is 0 Å². The van der Waals surface area contributed by atoms with E-state index < -0.39 is 5.97 Å². The third-order valence-electron chi connectivity index (χ3n) is 4.68. The number of halogens is 1. The molecule has 30 heavy (non-hydrogen) atoms. The number of carbonyl (C=O) groups is 1. The second-order valence-corrected chi connectivity index (χ2v) is 8.03. The monoisotopic (exact) mass is 439 g/mol. The van der Waals surface area contributed by atoms with Gasteiger partial charge in [0.25, 0.3) is 0 Å². The quantitative estimate of drug-likeness (QED) is 0.421. The number of ether oxygens (including phenoxy) is 1. The van der Waals surface area contributed by atoms with Crippen LogP contribution < -0.4 is 10.1 Å². The summed E-state index contributed by atoms with van der Waals surface area (Å²) in [5.41, 5.74) is 4.21. The van der Waals surface area contributed by atoms with Gasteiger partial charge in [0.1, 0.15) is 5.52 Å². The first-order valence-corrected chi connectivity index (χ1v) is 10.4. The number of nitrogens with one attached hydrogen (secondary N) is 1. The molecule has 8 heteroatoms. The van der Waals surface area contributed by atoms with Crippen LogP contribution in [0.3, 0.4) is 0 Å². The van der Waals surface area contributed by atoms with Crippen LogP contribution in [0, 0.1) is 0 Å². The maximum atomic E-state index is 11.1. The van der Waals surface area contributed by atoms with E-state index in [9.17, 15) is 4.79 Å². The summed E-state index contributed by atoms with van der Waals surface area (Å²) in [7, 11) is 3.36. The molecule has 0 saturated carbocycles. The maximum absolute atomic E-state index is 11.1. The lowest BCUT2D eigenvalue weighted by atomic mass is 9.95. The molecule has 2 aromatic heterocycles. The Kier molecular flexibility index (Phi) is 5.57. The van der Waals surface area contributed by atoms with Crippen LogP contribution in [0.5, 0.6) is 5.75 Å². The van der Waals surface area contributed by atoms with Gasteiger partial charge < -0.3 is 15.2 Å². The van der Waals surface area contributed by atoms with Gasteiger partial charge in [0.15, 0.2) is 5.75 Å². The molecule has 2 heterocycles. The Morgan fingerprint density at radius 2 is 2.07 bits per heavy atom. The topological polar surface area (TPSA) is 84.3 Å². The summed E-state index contributed by atoms with van der Waals surface area (Å²) in [5, 5.41) is 15.5. The average Bonchev–Trinajstić information content (AvgIpc) is 3.19. The van der Waals surface area contributed by atoms with Crippen molar-refractivity contribution in [3.8, 4) is 28.0 Å². The number of aliphatic carboxylic acids is 1. The molecule has 0 spiro atoms. The van der Waals surface area contributed by atoms with Gasteiger partial charge in [-0.1, -0.05) is 23.7 Å². The molecule has 152 valence electrons. The number of methoxy groups -OCH3 is 1. The highest BCUT2D eigenvalue weighted by Gasteiger charge is 2.19. The Morgan fingerprint density at radius 3 is 2.77 bits per heavy atom. The molecule has 0 aliphatic heterocycles. The summed E-state index contributed by atoms with van der Waals surface area (Å²) >= 11 is 7.65. The van der Waals surface area contributed by atoms with Crippen molar-refractivity contribution in [2.45, 2.75) is 6.42 Å². The minimum Gasteiger partial charge on any atom is -0.494 e. The predicted molar refractivity (Wildman–Crippen MR) is 121 cm³/mol. The normalized spacial score (nSPS) is 10.9. The number of carboxylic acids is 1. The Hall–Kier alpha value is -3.16. The van der Waals surface area contributed by atoms with Gasteiger partial charge in [0.2, 0.25) is 5.95 Å². The van der Waals surface area contributed by atoms with E-state index in [1.165, 1.54) is 11.3 Å². The maximum Gasteiger partial charge on any atom is 0.308 e. The Bertz CT molecular complexity index is 1260. The average molecular weight is 440 g/mol. The van der Waals surface area contributed by atoms with Gasteiger partial charge in [-0.05, 0) is 46.3 Å². The van der Waals surface area contributed by atoms with Gasteiger partial charge in [-0.25, -0.2) is 9.97 Å². The number of hydrogen-bond acceptors (Lipinski definition) is 6. The Morgan fingerprint density at radius 1 is 1.23 bits per heavy atom. The molecule has 2 aromatic carbocycles. The van der Waals surface area contributed by atoms with Crippen LogP contribution in [-0.4, -0.2) is 35.2 Å². The fourth-order valence-corrected chi connectivity index (χ4v) is 4.43.